The number of nitrogens with zero attached hydrogens (tertiary/aromatic N) is 1. The van der Waals surface area contributed by atoms with Crippen molar-refractivity contribution in [2.24, 2.45) is 0 Å². The van der Waals surface area contributed by atoms with E-state index in [1.54, 1.807) is 6.07 Å². The van der Waals surface area contributed by atoms with E-state index in [0.717, 1.165) is 43.5 Å². The van der Waals surface area contributed by atoms with E-state index in [2.05, 4.69) is 10.2 Å². The molecule has 0 aliphatic carbocycles. The Morgan fingerprint density at radius 1 is 1.30 bits per heavy atom. The Balaban J connectivity index is 1.92. The van der Waals surface area contributed by atoms with E-state index < -0.39 is 0 Å². The summed E-state index contributed by atoms with van der Waals surface area (Å²) in [4.78, 5) is 2.36. The van der Waals surface area contributed by atoms with E-state index in [-0.39, 0.29) is 11.9 Å². The molecule has 20 heavy (non-hydrogen) atoms. The third kappa shape index (κ3) is 2.42. The van der Waals surface area contributed by atoms with Crippen LogP contribution in [0.3, 0.4) is 0 Å². The Hall–Kier alpha value is -1.13. The van der Waals surface area contributed by atoms with Crippen molar-refractivity contribution in [2.45, 2.75) is 57.3 Å². The molecule has 3 nitrogen and oxygen atoms in total. The molecule has 2 saturated heterocycles. The van der Waals surface area contributed by atoms with Crippen LogP contribution in [0, 0.1) is 5.82 Å². The summed E-state index contributed by atoms with van der Waals surface area (Å²) >= 11 is 0. The van der Waals surface area contributed by atoms with Gasteiger partial charge in [0.25, 0.3) is 0 Å². The number of fused-ring (bicyclic) bond motifs is 2. The largest absolute Gasteiger partial charge is 0.393 e. The lowest BCUT2D eigenvalue weighted by Crippen LogP contribution is -2.45. The van der Waals surface area contributed by atoms with Crippen molar-refractivity contribution in [3.05, 3.63) is 29.6 Å². The molecule has 0 radical (unpaired) electrons. The maximum absolute atomic E-state index is 14.2. The van der Waals surface area contributed by atoms with Gasteiger partial charge in [0.05, 0.1) is 6.10 Å². The van der Waals surface area contributed by atoms with Crippen LogP contribution in [-0.4, -0.2) is 29.8 Å². The SMILES string of the molecule is CCNCc1c(F)cccc1N1C2CCC1CC(O)C2. The number of hydrogen-bond donors (Lipinski definition) is 2. The Labute approximate surface area is 119 Å². The van der Waals surface area contributed by atoms with Crippen molar-refractivity contribution in [2.75, 3.05) is 11.4 Å². The summed E-state index contributed by atoms with van der Waals surface area (Å²) in [6.45, 7) is 3.43. The van der Waals surface area contributed by atoms with Crippen LogP contribution < -0.4 is 10.2 Å². The van der Waals surface area contributed by atoms with Gasteiger partial charge in [0.1, 0.15) is 5.82 Å². The maximum Gasteiger partial charge on any atom is 0.129 e. The van der Waals surface area contributed by atoms with Crippen LogP contribution >= 0.6 is 0 Å². The molecule has 2 aliphatic heterocycles. The molecule has 0 saturated carbocycles. The summed E-state index contributed by atoms with van der Waals surface area (Å²) in [5.74, 6) is -0.131. The monoisotopic (exact) mass is 278 g/mol. The van der Waals surface area contributed by atoms with Crippen LogP contribution in [0.25, 0.3) is 0 Å². The van der Waals surface area contributed by atoms with Gasteiger partial charge in [0.2, 0.25) is 0 Å². The van der Waals surface area contributed by atoms with E-state index in [0.29, 0.717) is 18.6 Å². The van der Waals surface area contributed by atoms with Gasteiger partial charge in [-0.15, -0.1) is 0 Å². The minimum absolute atomic E-state index is 0.131. The van der Waals surface area contributed by atoms with Crippen LogP contribution in [0.1, 0.15) is 38.2 Å². The lowest BCUT2D eigenvalue weighted by Gasteiger charge is -2.40. The highest BCUT2D eigenvalue weighted by Gasteiger charge is 2.41. The third-order valence-corrected chi connectivity index (χ3v) is 4.63. The molecule has 0 amide bonds. The predicted octanol–water partition coefficient (Wildman–Crippen LogP) is 2.43. The first-order valence-corrected chi connectivity index (χ1v) is 7.65. The highest BCUT2D eigenvalue weighted by Crippen LogP contribution is 2.41. The Kier molecular flexibility index (Phi) is 3.94. The van der Waals surface area contributed by atoms with Crippen LogP contribution in [0.2, 0.25) is 0 Å². The quantitative estimate of drug-likeness (QED) is 0.888. The van der Waals surface area contributed by atoms with E-state index >= 15 is 0 Å². The van der Waals surface area contributed by atoms with Crippen molar-refractivity contribution in [1.82, 2.24) is 5.32 Å². The normalized spacial score (nSPS) is 28.9. The molecule has 1 aromatic carbocycles. The predicted molar refractivity (Wildman–Crippen MR) is 78.3 cm³/mol. The summed E-state index contributed by atoms with van der Waals surface area (Å²) in [5.41, 5.74) is 1.79. The molecule has 2 fully saturated rings. The lowest BCUT2D eigenvalue weighted by molar-refractivity contribution is 0.126. The summed E-state index contributed by atoms with van der Waals surface area (Å²) in [6, 6.07) is 6.09. The standard InChI is InChI=1S/C16H23FN2O/c1-2-18-10-14-15(17)4-3-5-16(14)19-11-6-7-12(19)9-13(20)8-11/h3-5,11-13,18,20H,2,6-10H2,1H3. The first kappa shape index (κ1) is 13.8. The number of benzene rings is 1. The summed E-state index contributed by atoms with van der Waals surface area (Å²) in [6.07, 6.45) is 3.66. The zero-order chi connectivity index (χ0) is 14.1. The smallest absolute Gasteiger partial charge is 0.129 e. The first-order chi connectivity index (χ1) is 9.70. The van der Waals surface area contributed by atoms with Crippen molar-refractivity contribution >= 4 is 5.69 Å². The van der Waals surface area contributed by atoms with Gasteiger partial charge in [0.15, 0.2) is 0 Å². The maximum atomic E-state index is 14.2. The highest BCUT2D eigenvalue weighted by molar-refractivity contribution is 5.57. The molecule has 2 bridgehead atoms. The first-order valence-electron chi connectivity index (χ1n) is 7.65. The van der Waals surface area contributed by atoms with Gasteiger partial charge < -0.3 is 15.3 Å². The van der Waals surface area contributed by atoms with Crippen molar-refractivity contribution in [1.29, 1.82) is 0 Å². The second kappa shape index (κ2) is 5.70. The second-order valence-corrected chi connectivity index (χ2v) is 5.94. The van der Waals surface area contributed by atoms with Gasteiger partial charge in [-0.1, -0.05) is 13.0 Å². The zero-order valence-corrected chi connectivity index (χ0v) is 12.0. The van der Waals surface area contributed by atoms with Crippen LogP contribution in [0.15, 0.2) is 18.2 Å². The Morgan fingerprint density at radius 2 is 2.00 bits per heavy atom. The molecule has 0 spiro atoms. The van der Waals surface area contributed by atoms with Crippen molar-refractivity contribution < 1.29 is 9.50 Å². The number of rotatable bonds is 4. The Bertz CT molecular complexity index is 466. The third-order valence-electron chi connectivity index (χ3n) is 4.63. The molecule has 3 rings (SSSR count). The molecule has 2 N–H and O–H groups in total. The number of aliphatic hydroxyl groups is 1. The number of piperidine rings is 1. The number of nitrogens with one attached hydrogen (secondary N) is 1. The van der Waals surface area contributed by atoms with E-state index in [4.69, 9.17) is 0 Å². The summed E-state index contributed by atoms with van der Waals surface area (Å²) in [5, 5.41) is 13.1. The fourth-order valence-electron chi connectivity index (χ4n) is 3.76. The zero-order valence-electron chi connectivity index (χ0n) is 12.0. The summed E-state index contributed by atoms with van der Waals surface area (Å²) in [7, 11) is 0. The van der Waals surface area contributed by atoms with Gasteiger partial charge in [-0.2, -0.15) is 0 Å². The van der Waals surface area contributed by atoms with Crippen LogP contribution in [0.4, 0.5) is 10.1 Å². The fourth-order valence-corrected chi connectivity index (χ4v) is 3.76. The molecule has 0 aromatic heterocycles. The Morgan fingerprint density at radius 3 is 2.65 bits per heavy atom. The average Bonchev–Trinajstić information content (AvgIpc) is 2.69. The van der Waals surface area contributed by atoms with Gasteiger partial charge in [-0.25, -0.2) is 4.39 Å². The van der Waals surface area contributed by atoms with Gasteiger partial charge in [-0.3, -0.25) is 0 Å². The minimum atomic E-state index is -0.186. The molecule has 4 heteroatoms. The number of hydrogen-bond acceptors (Lipinski definition) is 3. The van der Waals surface area contributed by atoms with Gasteiger partial charge >= 0.3 is 0 Å². The van der Waals surface area contributed by atoms with Gasteiger partial charge in [-0.05, 0) is 44.4 Å². The van der Waals surface area contributed by atoms with Crippen LogP contribution in [0.5, 0.6) is 0 Å². The lowest BCUT2D eigenvalue weighted by atomic mass is 9.97. The second-order valence-electron chi connectivity index (χ2n) is 5.94. The van der Waals surface area contributed by atoms with Gasteiger partial charge in [0, 0.05) is 29.9 Å². The molecular weight excluding hydrogens is 255 g/mol. The number of anilines is 1. The minimum Gasteiger partial charge on any atom is -0.393 e. The molecule has 1 aromatic rings. The summed E-state index contributed by atoms with van der Waals surface area (Å²) < 4.78 is 14.2. The molecular formula is C16H23FN2O. The number of halogens is 1. The molecule has 2 unspecified atom stereocenters. The van der Waals surface area contributed by atoms with Crippen LogP contribution in [-0.2, 0) is 6.54 Å². The van der Waals surface area contributed by atoms with E-state index in [1.165, 1.54) is 6.07 Å². The number of aliphatic hydroxyl groups excluding tert-OH is 1. The van der Waals surface area contributed by atoms with E-state index in [1.807, 2.05) is 13.0 Å². The molecule has 110 valence electrons. The van der Waals surface area contributed by atoms with Crippen molar-refractivity contribution in [3.8, 4) is 0 Å². The average molecular weight is 278 g/mol. The fraction of sp³-hybridized carbons (Fsp3) is 0.625. The molecule has 2 heterocycles. The van der Waals surface area contributed by atoms with E-state index in [9.17, 15) is 9.50 Å². The van der Waals surface area contributed by atoms with Crippen molar-refractivity contribution in [3.63, 3.8) is 0 Å². The molecule has 2 aliphatic rings. The topological polar surface area (TPSA) is 35.5 Å². The molecule has 2 atom stereocenters. The highest BCUT2D eigenvalue weighted by atomic mass is 19.1.